The lowest BCUT2D eigenvalue weighted by molar-refractivity contribution is 0.705. The van der Waals surface area contributed by atoms with Crippen LogP contribution in [0.4, 0.5) is 5.69 Å². The molecule has 1 unspecified atom stereocenters. The summed E-state index contributed by atoms with van der Waals surface area (Å²) >= 11 is 12.1. The number of nitrogens with zero attached hydrogens (tertiary/aromatic N) is 1. The Hall–Kier alpha value is -1.25. The van der Waals surface area contributed by atoms with Crippen LogP contribution in [0, 0.1) is 13.8 Å². The Labute approximate surface area is 136 Å². The summed E-state index contributed by atoms with van der Waals surface area (Å²) in [5, 5.41) is 4.30. The Kier molecular flexibility index (Phi) is 5.49. The number of rotatable bonds is 5. The summed E-state index contributed by atoms with van der Waals surface area (Å²) < 4.78 is 0. The molecule has 112 valence electrons. The van der Waals surface area contributed by atoms with E-state index in [9.17, 15) is 0 Å². The first-order valence-electron chi connectivity index (χ1n) is 7.10. The lowest BCUT2D eigenvalue weighted by Gasteiger charge is -2.18. The molecule has 4 heteroatoms. The van der Waals surface area contributed by atoms with Gasteiger partial charge in [0.2, 0.25) is 0 Å². The van der Waals surface area contributed by atoms with Crippen molar-refractivity contribution in [3.8, 4) is 0 Å². The van der Waals surface area contributed by atoms with Crippen molar-refractivity contribution < 1.29 is 0 Å². The van der Waals surface area contributed by atoms with Crippen molar-refractivity contribution in [3.63, 3.8) is 0 Å². The first-order valence-corrected chi connectivity index (χ1v) is 7.86. The highest BCUT2D eigenvalue weighted by Gasteiger charge is 2.10. The van der Waals surface area contributed by atoms with Gasteiger partial charge in [0.1, 0.15) is 5.15 Å². The van der Waals surface area contributed by atoms with Crippen LogP contribution in [0.2, 0.25) is 10.3 Å². The van der Waals surface area contributed by atoms with Crippen LogP contribution in [-0.2, 0) is 6.42 Å². The fraction of sp³-hybridized carbons (Fsp3) is 0.353. The minimum absolute atomic E-state index is 0.310. The van der Waals surface area contributed by atoms with E-state index >= 15 is 0 Å². The predicted molar refractivity (Wildman–Crippen MR) is 91.6 cm³/mol. The molecule has 0 saturated heterocycles. The molecule has 1 atom stereocenters. The molecule has 2 aromatic rings. The van der Waals surface area contributed by atoms with E-state index in [1.54, 1.807) is 0 Å². The highest BCUT2D eigenvalue weighted by molar-refractivity contribution is 6.34. The van der Waals surface area contributed by atoms with E-state index < -0.39 is 0 Å². The highest BCUT2D eigenvalue weighted by atomic mass is 35.5. The fourth-order valence-electron chi connectivity index (χ4n) is 2.34. The van der Waals surface area contributed by atoms with Gasteiger partial charge in [0, 0.05) is 6.04 Å². The zero-order chi connectivity index (χ0) is 15.4. The summed E-state index contributed by atoms with van der Waals surface area (Å²) in [4.78, 5) is 4.09. The minimum atomic E-state index is 0.310. The maximum absolute atomic E-state index is 6.16. The van der Waals surface area contributed by atoms with Crippen LogP contribution in [0.1, 0.15) is 30.0 Å². The molecule has 2 rings (SSSR count). The molecule has 1 N–H and O–H groups in total. The zero-order valence-corrected chi connectivity index (χ0v) is 14.1. The van der Waals surface area contributed by atoms with Crippen LogP contribution in [-0.4, -0.2) is 11.0 Å². The molecule has 0 spiro atoms. The SMILES string of the molecule is Cc1cccc(CCC(C)Nc2c(C)cc(Cl)nc2Cl)c1. The molecule has 1 heterocycles. The zero-order valence-electron chi connectivity index (χ0n) is 12.6. The van der Waals surface area contributed by atoms with Crippen LogP contribution in [0.15, 0.2) is 30.3 Å². The molecular formula is C17H20Cl2N2. The molecule has 1 aromatic carbocycles. The predicted octanol–water partition coefficient (Wildman–Crippen LogP) is 5.44. The molecule has 0 amide bonds. The standard InChI is InChI=1S/C17H20Cl2N2/c1-11-5-4-6-14(9-11)8-7-13(3)20-16-12(2)10-15(18)21-17(16)19/h4-6,9-10,13,20H,7-8H2,1-3H3. The third-order valence-electron chi connectivity index (χ3n) is 3.48. The molecular weight excluding hydrogens is 303 g/mol. The van der Waals surface area contributed by atoms with Crippen LogP contribution < -0.4 is 5.32 Å². The second kappa shape index (κ2) is 7.15. The normalized spacial score (nSPS) is 12.2. The van der Waals surface area contributed by atoms with Gasteiger partial charge in [0.25, 0.3) is 0 Å². The number of halogens is 2. The van der Waals surface area contributed by atoms with Crippen LogP contribution >= 0.6 is 23.2 Å². The number of nitrogens with one attached hydrogen (secondary N) is 1. The first kappa shape index (κ1) is 16.1. The average Bonchev–Trinajstić information content (AvgIpc) is 2.40. The van der Waals surface area contributed by atoms with E-state index in [-0.39, 0.29) is 0 Å². The Balaban J connectivity index is 1.97. The summed E-state index contributed by atoms with van der Waals surface area (Å²) in [6.45, 7) is 6.25. The molecule has 21 heavy (non-hydrogen) atoms. The summed E-state index contributed by atoms with van der Waals surface area (Å²) in [6, 6.07) is 10.8. The Morgan fingerprint density at radius 2 is 1.95 bits per heavy atom. The number of aryl methyl sites for hydroxylation is 3. The second-order valence-corrected chi connectivity index (χ2v) is 6.25. The van der Waals surface area contributed by atoms with E-state index in [0.717, 1.165) is 24.1 Å². The van der Waals surface area contributed by atoms with Crippen molar-refractivity contribution in [2.24, 2.45) is 0 Å². The fourth-order valence-corrected chi connectivity index (χ4v) is 2.92. The molecule has 2 nitrogen and oxygen atoms in total. The third-order valence-corrected chi connectivity index (χ3v) is 3.95. The van der Waals surface area contributed by atoms with Gasteiger partial charge < -0.3 is 5.32 Å². The van der Waals surface area contributed by atoms with Crippen LogP contribution in [0.3, 0.4) is 0 Å². The Bertz CT molecular complexity index is 603. The summed E-state index contributed by atoms with van der Waals surface area (Å²) in [6.07, 6.45) is 2.06. The van der Waals surface area contributed by atoms with Gasteiger partial charge in [-0.1, -0.05) is 53.0 Å². The van der Waals surface area contributed by atoms with Gasteiger partial charge in [0.15, 0.2) is 5.15 Å². The largest absolute Gasteiger partial charge is 0.380 e. The second-order valence-electron chi connectivity index (χ2n) is 5.50. The van der Waals surface area contributed by atoms with E-state index in [0.29, 0.717) is 16.3 Å². The van der Waals surface area contributed by atoms with Gasteiger partial charge in [-0.25, -0.2) is 4.98 Å². The quantitative estimate of drug-likeness (QED) is 0.741. The molecule has 0 bridgehead atoms. The van der Waals surface area contributed by atoms with Gasteiger partial charge >= 0.3 is 0 Å². The number of hydrogen-bond acceptors (Lipinski definition) is 2. The molecule has 0 aliphatic heterocycles. The smallest absolute Gasteiger partial charge is 0.154 e. The monoisotopic (exact) mass is 322 g/mol. The number of hydrogen-bond donors (Lipinski definition) is 1. The Morgan fingerprint density at radius 1 is 1.19 bits per heavy atom. The first-order chi connectivity index (χ1) is 9.95. The van der Waals surface area contributed by atoms with Gasteiger partial charge in [-0.15, -0.1) is 0 Å². The molecule has 0 fully saturated rings. The number of anilines is 1. The van der Waals surface area contributed by atoms with Crippen LogP contribution in [0.5, 0.6) is 0 Å². The molecule has 1 aromatic heterocycles. The van der Waals surface area contributed by atoms with E-state index in [2.05, 4.69) is 48.4 Å². The average molecular weight is 323 g/mol. The van der Waals surface area contributed by atoms with Crippen molar-refractivity contribution in [1.82, 2.24) is 4.98 Å². The molecule has 0 aliphatic carbocycles. The van der Waals surface area contributed by atoms with Gasteiger partial charge in [-0.3, -0.25) is 0 Å². The topological polar surface area (TPSA) is 24.9 Å². The maximum Gasteiger partial charge on any atom is 0.154 e. The molecule has 0 radical (unpaired) electrons. The van der Waals surface area contributed by atoms with E-state index in [1.807, 2.05) is 13.0 Å². The van der Waals surface area contributed by atoms with E-state index in [4.69, 9.17) is 23.2 Å². The van der Waals surface area contributed by atoms with Crippen molar-refractivity contribution >= 4 is 28.9 Å². The van der Waals surface area contributed by atoms with Gasteiger partial charge in [-0.2, -0.15) is 0 Å². The maximum atomic E-state index is 6.16. The summed E-state index contributed by atoms with van der Waals surface area (Å²) in [5.41, 5.74) is 4.55. The highest BCUT2D eigenvalue weighted by Crippen LogP contribution is 2.27. The summed E-state index contributed by atoms with van der Waals surface area (Å²) in [5.74, 6) is 0. The van der Waals surface area contributed by atoms with E-state index in [1.165, 1.54) is 11.1 Å². The lowest BCUT2D eigenvalue weighted by Crippen LogP contribution is -2.17. The lowest BCUT2D eigenvalue weighted by atomic mass is 10.0. The van der Waals surface area contributed by atoms with Gasteiger partial charge in [-0.05, 0) is 50.8 Å². The third kappa shape index (κ3) is 4.62. The van der Waals surface area contributed by atoms with Crippen molar-refractivity contribution in [1.29, 1.82) is 0 Å². The minimum Gasteiger partial charge on any atom is -0.380 e. The molecule has 0 aliphatic rings. The van der Waals surface area contributed by atoms with Crippen molar-refractivity contribution in [3.05, 3.63) is 57.3 Å². The Morgan fingerprint density at radius 3 is 2.62 bits per heavy atom. The van der Waals surface area contributed by atoms with Crippen molar-refractivity contribution in [2.45, 2.75) is 39.7 Å². The summed E-state index contributed by atoms with van der Waals surface area (Å²) in [7, 11) is 0. The molecule has 0 saturated carbocycles. The number of aromatic nitrogens is 1. The number of benzene rings is 1. The van der Waals surface area contributed by atoms with Gasteiger partial charge in [0.05, 0.1) is 5.69 Å². The van der Waals surface area contributed by atoms with Crippen LogP contribution in [0.25, 0.3) is 0 Å². The van der Waals surface area contributed by atoms with Crippen molar-refractivity contribution in [2.75, 3.05) is 5.32 Å². The number of pyridine rings is 1.